The van der Waals surface area contributed by atoms with Crippen LogP contribution in [0.5, 0.6) is 0 Å². The van der Waals surface area contributed by atoms with Gasteiger partial charge in [0, 0.05) is 30.2 Å². The summed E-state index contributed by atoms with van der Waals surface area (Å²) in [5.74, 6) is 0. The average Bonchev–Trinajstić information content (AvgIpc) is 2.55. The molecule has 2 nitrogen and oxygen atoms in total. The van der Waals surface area contributed by atoms with Crippen molar-refractivity contribution in [1.82, 2.24) is 9.88 Å². The molecule has 0 saturated heterocycles. The maximum absolute atomic E-state index is 3.21. The van der Waals surface area contributed by atoms with Crippen LogP contribution in [-0.2, 0) is 19.0 Å². The molecule has 92 valence electrons. The fraction of sp³-hybridized carbons (Fsp3) is 0.467. The van der Waals surface area contributed by atoms with Crippen LogP contribution in [0.2, 0.25) is 0 Å². The van der Waals surface area contributed by atoms with Crippen molar-refractivity contribution < 1.29 is 0 Å². The summed E-state index contributed by atoms with van der Waals surface area (Å²) in [7, 11) is 4.12. The lowest BCUT2D eigenvalue weighted by Gasteiger charge is -2.19. The van der Waals surface area contributed by atoms with Gasteiger partial charge in [-0.1, -0.05) is 26.8 Å². The molecule has 1 aromatic carbocycles. The number of aryl methyl sites for hydroxylation is 1. The quantitative estimate of drug-likeness (QED) is 0.838. The second-order valence-electron chi connectivity index (χ2n) is 5.75. The van der Waals surface area contributed by atoms with Gasteiger partial charge in [0.2, 0.25) is 0 Å². The molecule has 0 fully saturated rings. The molecule has 0 amide bonds. The van der Waals surface area contributed by atoms with Gasteiger partial charge in [0.25, 0.3) is 0 Å². The highest BCUT2D eigenvalue weighted by atomic mass is 15.0. The lowest BCUT2D eigenvalue weighted by molar-refractivity contribution is 0.591. The van der Waals surface area contributed by atoms with E-state index in [1.165, 1.54) is 22.2 Å². The number of hydrogen-bond donors (Lipinski definition) is 1. The highest BCUT2D eigenvalue weighted by Crippen LogP contribution is 2.27. The molecule has 2 aromatic rings. The first-order chi connectivity index (χ1) is 7.93. The summed E-state index contributed by atoms with van der Waals surface area (Å²) in [6.45, 7) is 7.68. The van der Waals surface area contributed by atoms with E-state index in [9.17, 15) is 0 Å². The first-order valence-electron chi connectivity index (χ1n) is 6.17. The highest BCUT2D eigenvalue weighted by molar-refractivity contribution is 5.82. The summed E-state index contributed by atoms with van der Waals surface area (Å²) in [6, 6.07) is 9.07. The largest absolute Gasteiger partial charge is 0.346 e. The lowest BCUT2D eigenvalue weighted by atomic mass is 9.86. The molecule has 0 unspecified atom stereocenters. The van der Waals surface area contributed by atoms with E-state index in [0.717, 1.165) is 6.54 Å². The third-order valence-corrected chi connectivity index (χ3v) is 3.37. The van der Waals surface area contributed by atoms with E-state index in [-0.39, 0.29) is 5.41 Å². The second kappa shape index (κ2) is 4.19. The molecule has 0 bridgehead atoms. The highest BCUT2D eigenvalue weighted by Gasteiger charge is 2.15. The zero-order chi connectivity index (χ0) is 12.6. The van der Waals surface area contributed by atoms with Crippen LogP contribution in [0, 0.1) is 0 Å². The number of aromatic nitrogens is 1. The van der Waals surface area contributed by atoms with E-state index in [2.05, 4.69) is 62.0 Å². The second-order valence-corrected chi connectivity index (χ2v) is 5.75. The standard InChI is InChI=1S/C15H22N2/c1-15(2,3)12-6-7-14-11(8-12)9-13(10-16-4)17(14)5/h6-9,16H,10H2,1-5H3. The first-order valence-corrected chi connectivity index (χ1v) is 6.17. The van der Waals surface area contributed by atoms with Crippen LogP contribution >= 0.6 is 0 Å². The van der Waals surface area contributed by atoms with Crippen molar-refractivity contribution in [1.29, 1.82) is 0 Å². The molecule has 2 heteroatoms. The monoisotopic (exact) mass is 230 g/mol. The summed E-state index contributed by atoms with van der Waals surface area (Å²) in [6.07, 6.45) is 0. The van der Waals surface area contributed by atoms with Gasteiger partial charge in [-0.25, -0.2) is 0 Å². The Kier molecular flexibility index (Phi) is 3.00. The Balaban J connectivity index is 2.56. The number of rotatable bonds is 2. The van der Waals surface area contributed by atoms with Gasteiger partial charge in [0.05, 0.1) is 0 Å². The Labute approximate surface area is 104 Å². The normalized spacial score (nSPS) is 12.3. The van der Waals surface area contributed by atoms with E-state index >= 15 is 0 Å². The Hall–Kier alpha value is -1.28. The van der Waals surface area contributed by atoms with Gasteiger partial charge in [-0.3, -0.25) is 0 Å². The van der Waals surface area contributed by atoms with Gasteiger partial charge in [-0.2, -0.15) is 0 Å². The summed E-state index contributed by atoms with van der Waals surface area (Å²) < 4.78 is 2.26. The van der Waals surface area contributed by atoms with Crippen molar-refractivity contribution in [2.24, 2.45) is 7.05 Å². The van der Waals surface area contributed by atoms with Crippen LogP contribution in [0.4, 0.5) is 0 Å². The van der Waals surface area contributed by atoms with Gasteiger partial charge >= 0.3 is 0 Å². The number of nitrogens with one attached hydrogen (secondary N) is 1. The zero-order valence-corrected chi connectivity index (χ0v) is 11.5. The third kappa shape index (κ3) is 2.22. The van der Waals surface area contributed by atoms with E-state index < -0.39 is 0 Å². The molecule has 0 aliphatic rings. The summed E-state index contributed by atoms with van der Waals surface area (Å²) >= 11 is 0. The SMILES string of the molecule is CNCc1cc2cc(C(C)(C)C)ccc2n1C. The Morgan fingerprint density at radius 3 is 2.47 bits per heavy atom. The fourth-order valence-corrected chi connectivity index (χ4v) is 2.22. The van der Waals surface area contributed by atoms with Crippen LogP contribution in [0.3, 0.4) is 0 Å². The maximum atomic E-state index is 3.21. The lowest BCUT2D eigenvalue weighted by Crippen LogP contribution is -2.10. The molecule has 0 radical (unpaired) electrons. The predicted molar refractivity (Wildman–Crippen MR) is 74.4 cm³/mol. The van der Waals surface area contributed by atoms with Crippen molar-refractivity contribution in [3.8, 4) is 0 Å². The van der Waals surface area contributed by atoms with Gasteiger partial charge in [-0.15, -0.1) is 0 Å². The van der Waals surface area contributed by atoms with Crippen molar-refractivity contribution >= 4 is 10.9 Å². The minimum absolute atomic E-state index is 0.215. The molecular formula is C15H22N2. The first kappa shape index (κ1) is 12.2. The number of nitrogens with zero attached hydrogens (tertiary/aromatic N) is 1. The Morgan fingerprint density at radius 2 is 1.88 bits per heavy atom. The molecule has 0 spiro atoms. The Bertz CT molecular complexity index is 530. The van der Waals surface area contributed by atoms with Gasteiger partial charge in [0.1, 0.15) is 0 Å². The third-order valence-electron chi connectivity index (χ3n) is 3.37. The van der Waals surface area contributed by atoms with Crippen LogP contribution in [0.1, 0.15) is 32.0 Å². The molecular weight excluding hydrogens is 208 g/mol. The minimum atomic E-state index is 0.215. The molecule has 1 aromatic heterocycles. The summed E-state index contributed by atoms with van der Waals surface area (Å²) in [5, 5.41) is 4.55. The molecule has 0 atom stereocenters. The predicted octanol–water partition coefficient (Wildman–Crippen LogP) is 3.20. The van der Waals surface area contributed by atoms with E-state index in [1.54, 1.807) is 0 Å². The topological polar surface area (TPSA) is 17.0 Å². The van der Waals surface area contributed by atoms with E-state index in [0.29, 0.717) is 0 Å². The molecule has 1 N–H and O–H groups in total. The molecule has 0 saturated carbocycles. The van der Waals surface area contributed by atoms with Crippen molar-refractivity contribution in [2.45, 2.75) is 32.7 Å². The van der Waals surface area contributed by atoms with Gasteiger partial charge in [-0.05, 0) is 36.2 Å². The smallest absolute Gasteiger partial charge is 0.0480 e. The van der Waals surface area contributed by atoms with Crippen LogP contribution < -0.4 is 5.32 Å². The van der Waals surface area contributed by atoms with Gasteiger partial charge in [0.15, 0.2) is 0 Å². The van der Waals surface area contributed by atoms with Crippen molar-refractivity contribution in [2.75, 3.05) is 7.05 Å². The van der Waals surface area contributed by atoms with E-state index in [1.807, 2.05) is 7.05 Å². The molecule has 0 aliphatic carbocycles. The fourth-order valence-electron chi connectivity index (χ4n) is 2.22. The number of benzene rings is 1. The van der Waals surface area contributed by atoms with Crippen LogP contribution in [-0.4, -0.2) is 11.6 Å². The van der Waals surface area contributed by atoms with E-state index in [4.69, 9.17) is 0 Å². The van der Waals surface area contributed by atoms with Crippen LogP contribution in [0.25, 0.3) is 10.9 Å². The summed E-state index contributed by atoms with van der Waals surface area (Å²) in [5.41, 5.74) is 4.25. The average molecular weight is 230 g/mol. The van der Waals surface area contributed by atoms with Crippen molar-refractivity contribution in [3.05, 3.63) is 35.5 Å². The van der Waals surface area contributed by atoms with Crippen LogP contribution in [0.15, 0.2) is 24.3 Å². The molecule has 1 heterocycles. The minimum Gasteiger partial charge on any atom is -0.346 e. The zero-order valence-electron chi connectivity index (χ0n) is 11.5. The molecule has 17 heavy (non-hydrogen) atoms. The summed E-state index contributed by atoms with van der Waals surface area (Å²) in [4.78, 5) is 0. The van der Waals surface area contributed by atoms with Gasteiger partial charge < -0.3 is 9.88 Å². The van der Waals surface area contributed by atoms with Crippen molar-refractivity contribution in [3.63, 3.8) is 0 Å². The molecule has 2 rings (SSSR count). The number of fused-ring (bicyclic) bond motifs is 1. The maximum Gasteiger partial charge on any atom is 0.0480 e. The molecule has 0 aliphatic heterocycles. The Morgan fingerprint density at radius 1 is 1.18 bits per heavy atom. The number of hydrogen-bond acceptors (Lipinski definition) is 1.